The number of halogens is 1. The number of carboxylic acids is 1. The number of carbonyl (C=O) groups is 2. The molecule has 7 heteroatoms. The maximum atomic E-state index is 12.4. The first-order valence-electron chi connectivity index (χ1n) is 6.73. The van der Waals surface area contributed by atoms with Crippen LogP contribution < -0.4 is 5.32 Å². The summed E-state index contributed by atoms with van der Waals surface area (Å²) < 4.78 is 2.44. The summed E-state index contributed by atoms with van der Waals surface area (Å²) in [6, 6.07) is 7.97. The predicted molar refractivity (Wildman–Crippen MR) is 89.0 cm³/mol. The first-order valence-corrected chi connectivity index (χ1v) is 7.53. The lowest BCUT2D eigenvalue weighted by Crippen LogP contribution is -2.15. The molecule has 2 heterocycles. The van der Waals surface area contributed by atoms with Crippen LogP contribution in [0.5, 0.6) is 0 Å². The van der Waals surface area contributed by atoms with Crippen LogP contribution in [0.25, 0.3) is 5.65 Å². The number of fused-ring (bicyclic) bond motifs is 1. The Morgan fingerprint density at radius 1 is 1.26 bits per heavy atom. The standard InChI is InChI=1S/C16H12BrN3O3/c1-9-8-20-5-4-10(6-14(20)18-9)15(21)19-13-3-2-11(17)7-12(13)16(22)23/h2-8H,1H3,(H,19,21)(H,22,23). The third-order valence-corrected chi connectivity index (χ3v) is 3.80. The maximum absolute atomic E-state index is 12.4. The zero-order valence-corrected chi connectivity index (χ0v) is 13.7. The highest BCUT2D eigenvalue weighted by molar-refractivity contribution is 9.10. The minimum atomic E-state index is -1.11. The number of carbonyl (C=O) groups excluding carboxylic acids is 1. The Bertz CT molecular complexity index is 933. The second-order valence-corrected chi connectivity index (χ2v) is 5.93. The summed E-state index contributed by atoms with van der Waals surface area (Å²) in [6.45, 7) is 1.87. The largest absolute Gasteiger partial charge is 0.478 e. The maximum Gasteiger partial charge on any atom is 0.337 e. The van der Waals surface area contributed by atoms with Crippen LogP contribution >= 0.6 is 15.9 Å². The third-order valence-electron chi connectivity index (χ3n) is 3.30. The lowest BCUT2D eigenvalue weighted by atomic mass is 10.1. The van der Waals surface area contributed by atoms with Crippen LogP contribution in [-0.4, -0.2) is 26.4 Å². The van der Waals surface area contributed by atoms with Crippen LogP contribution in [0.15, 0.2) is 47.2 Å². The fraction of sp³-hybridized carbons (Fsp3) is 0.0625. The van der Waals surface area contributed by atoms with Gasteiger partial charge in [0, 0.05) is 22.4 Å². The number of aromatic carboxylic acids is 1. The van der Waals surface area contributed by atoms with Crippen LogP contribution in [0, 0.1) is 6.92 Å². The molecule has 0 aliphatic carbocycles. The number of carboxylic acid groups (broad SMARTS) is 1. The Hall–Kier alpha value is -2.67. The van der Waals surface area contributed by atoms with Gasteiger partial charge in [-0.15, -0.1) is 0 Å². The number of aryl methyl sites for hydroxylation is 1. The number of nitrogens with zero attached hydrogens (tertiary/aromatic N) is 2. The Morgan fingerprint density at radius 3 is 2.78 bits per heavy atom. The third kappa shape index (κ3) is 3.09. The molecule has 0 saturated heterocycles. The molecule has 1 amide bonds. The van der Waals surface area contributed by atoms with E-state index >= 15 is 0 Å². The molecule has 1 aromatic carbocycles. The predicted octanol–water partition coefficient (Wildman–Crippen LogP) is 3.36. The number of amides is 1. The van der Waals surface area contributed by atoms with Crippen molar-refractivity contribution >= 4 is 39.1 Å². The number of nitrogens with one attached hydrogen (secondary N) is 1. The molecular formula is C16H12BrN3O3. The summed E-state index contributed by atoms with van der Waals surface area (Å²) in [5.41, 5.74) is 2.17. The Balaban J connectivity index is 1.92. The van der Waals surface area contributed by atoms with Gasteiger partial charge in [0.1, 0.15) is 5.65 Å². The molecule has 0 aliphatic heterocycles. The lowest BCUT2D eigenvalue weighted by molar-refractivity contribution is 0.0698. The van der Waals surface area contributed by atoms with Crippen molar-refractivity contribution in [3.8, 4) is 0 Å². The van der Waals surface area contributed by atoms with E-state index in [-0.39, 0.29) is 11.3 Å². The first-order chi connectivity index (χ1) is 10.9. The smallest absolute Gasteiger partial charge is 0.337 e. The fourth-order valence-corrected chi connectivity index (χ4v) is 2.61. The highest BCUT2D eigenvalue weighted by atomic mass is 79.9. The normalized spacial score (nSPS) is 10.7. The van der Waals surface area contributed by atoms with Crippen molar-refractivity contribution < 1.29 is 14.7 Å². The quantitative estimate of drug-likeness (QED) is 0.737. The van der Waals surface area contributed by atoms with Crippen molar-refractivity contribution in [2.45, 2.75) is 6.92 Å². The van der Waals surface area contributed by atoms with Gasteiger partial charge < -0.3 is 14.8 Å². The van der Waals surface area contributed by atoms with Crippen LogP contribution in [0.4, 0.5) is 5.69 Å². The van der Waals surface area contributed by atoms with E-state index < -0.39 is 11.9 Å². The number of hydrogen-bond donors (Lipinski definition) is 2. The van der Waals surface area contributed by atoms with Crippen molar-refractivity contribution in [1.82, 2.24) is 9.38 Å². The Morgan fingerprint density at radius 2 is 2.04 bits per heavy atom. The van der Waals surface area contributed by atoms with Gasteiger partial charge in [-0.25, -0.2) is 9.78 Å². The van der Waals surface area contributed by atoms with Gasteiger partial charge >= 0.3 is 5.97 Å². The van der Waals surface area contributed by atoms with Gasteiger partial charge in [-0.05, 0) is 37.3 Å². The summed E-state index contributed by atoms with van der Waals surface area (Å²) in [5.74, 6) is -1.50. The molecule has 0 bridgehead atoms. The average Bonchev–Trinajstić information content (AvgIpc) is 2.87. The van der Waals surface area contributed by atoms with Gasteiger partial charge in [0.05, 0.1) is 16.9 Å². The molecule has 0 saturated carbocycles. The van der Waals surface area contributed by atoms with E-state index in [4.69, 9.17) is 0 Å². The zero-order chi connectivity index (χ0) is 16.6. The van der Waals surface area contributed by atoms with Crippen molar-refractivity contribution in [1.29, 1.82) is 0 Å². The van der Waals surface area contributed by atoms with Gasteiger partial charge in [0.25, 0.3) is 5.91 Å². The van der Waals surface area contributed by atoms with Crippen molar-refractivity contribution in [3.63, 3.8) is 0 Å². The number of hydrogen-bond acceptors (Lipinski definition) is 3. The highest BCUT2D eigenvalue weighted by Crippen LogP contribution is 2.22. The molecule has 0 atom stereocenters. The number of benzene rings is 1. The number of rotatable bonds is 3. The summed E-state index contributed by atoms with van der Waals surface area (Å²) in [4.78, 5) is 28.0. The number of anilines is 1. The molecule has 23 heavy (non-hydrogen) atoms. The van der Waals surface area contributed by atoms with Crippen molar-refractivity contribution in [3.05, 3.63) is 64.0 Å². The minimum absolute atomic E-state index is 0.0189. The van der Waals surface area contributed by atoms with E-state index in [1.807, 2.05) is 17.5 Å². The highest BCUT2D eigenvalue weighted by Gasteiger charge is 2.14. The second-order valence-electron chi connectivity index (χ2n) is 5.01. The van der Waals surface area contributed by atoms with Gasteiger partial charge in [-0.1, -0.05) is 15.9 Å². The summed E-state index contributed by atoms with van der Waals surface area (Å²) in [5, 5.41) is 11.9. The molecule has 0 unspecified atom stereocenters. The monoisotopic (exact) mass is 373 g/mol. The van der Waals surface area contributed by atoms with Crippen LogP contribution in [-0.2, 0) is 0 Å². The fourth-order valence-electron chi connectivity index (χ4n) is 2.25. The summed E-state index contributed by atoms with van der Waals surface area (Å²) in [7, 11) is 0. The molecule has 2 aromatic heterocycles. The molecule has 0 aliphatic rings. The second kappa shape index (κ2) is 5.85. The molecule has 116 valence electrons. The van der Waals surface area contributed by atoms with E-state index in [9.17, 15) is 14.7 Å². The lowest BCUT2D eigenvalue weighted by Gasteiger charge is -2.09. The van der Waals surface area contributed by atoms with Crippen molar-refractivity contribution in [2.24, 2.45) is 0 Å². The van der Waals surface area contributed by atoms with Crippen LogP contribution in [0.1, 0.15) is 26.4 Å². The van der Waals surface area contributed by atoms with E-state index in [1.54, 1.807) is 30.5 Å². The minimum Gasteiger partial charge on any atom is -0.478 e. The Labute approximate surface area is 139 Å². The van der Waals surface area contributed by atoms with Gasteiger partial charge in [-0.3, -0.25) is 4.79 Å². The van der Waals surface area contributed by atoms with Crippen molar-refractivity contribution in [2.75, 3.05) is 5.32 Å². The topological polar surface area (TPSA) is 83.7 Å². The molecule has 2 N–H and O–H groups in total. The summed E-state index contributed by atoms with van der Waals surface area (Å²) in [6.07, 6.45) is 3.60. The molecule has 0 radical (unpaired) electrons. The molecular weight excluding hydrogens is 362 g/mol. The van der Waals surface area contributed by atoms with Gasteiger partial charge in [0.15, 0.2) is 0 Å². The van der Waals surface area contributed by atoms with Crippen LogP contribution in [0.2, 0.25) is 0 Å². The molecule has 6 nitrogen and oxygen atoms in total. The van der Waals surface area contributed by atoms with E-state index in [0.29, 0.717) is 15.7 Å². The molecule has 0 fully saturated rings. The van der Waals surface area contributed by atoms with E-state index in [1.165, 1.54) is 6.07 Å². The SMILES string of the molecule is Cc1cn2ccc(C(=O)Nc3ccc(Br)cc3C(=O)O)cc2n1. The van der Waals surface area contributed by atoms with Gasteiger partial charge in [-0.2, -0.15) is 0 Å². The average molecular weight is 374 g/mol. The Kier molecular flexibility index (Phi) is 3.87. The van der Waals surface area contributed by atoms with E-state index in [0.717, 1.165) is 5.69 Å². The first kappa shape index (κ1) is 15.2. The van der Waals surface area contributed by atoms with Crippen LogP contribution in [0.3, 0.4) is 0 Å². The van der Waals surface area contributed by atoms with Gasteiger partial charge in [0.2, 0.25) is 0 Å². The van der Waals surface area contributed by atoms with E-state index in [2.05, 4.69) is 26.2 Å². The summed E-state index contributed by atoms with van der Waals surface area (Å²) >= 11 is 3.22. The number of aromatic nitrogens is 2. The molecule has 3 rings (SSSR count). The molecule has 0 spiro atoms. The zero-order valence-electron chi connectivity index (χ0n) is 12.1. The number of imidazole rings is 1. The molecule has 3 aromatic rings. The number of pyridine rings is 1.